The third-order valence-corrected chi connectivity index (χ3v) is 4.09. The molecule has 0 N–H and O–H groups in total. The minimum absolute atomic E-state index is 0.0218. The lowest BCUT2D eigenvalue weighted by Crippen LogP contribution is -2.16. The highest BCUT2D eigenvalue weighted by molar-refractivity contribution is 9.14. The van der Waals surface area contributed by atoms with Gasteiger partial charge in [-0.2, -0.15) is 0 Å². The molecule has 1 heterocycles. The molecule has 0 saturated heterocycles. The van der Waals surface area contributed by atoms with E-state index in [2.05, 4.69) is 25.7 Å². The molecular formula is C5H6BrNO3S. The molecule has 0 radical (unpaired) electrons. The molecule has 6 heteroatoms. The van der Waals surface area contributed by atoms with Crippen LogP contribution in [0.15, 0.2) is 15.0 Å². The quantitative estimate of drug-likeness (QED) is 0.712. The minimum atomic E-state index is -3.33. The molecule has 0 aromatic carbocycles. The Labute approximate surface area is 73.0 Å². The summed E-state index contributed by atoms with van der Waals surface area (Å²) in [6.45, 7) is 0.0218. The van der Waals surface area contributed by atoms with Crippen molar-refractivity contribution in [2.24, 2.45) is 4.99 Å². The van der Waals surface area contributed by atoms with Crippen molar-refractivity contribution in [3.63, 3.8) is 0 Å². The van der Waals surface area contributed by atoms with Gasteiger partial charge in [0, 0.05) is 7.11 Å². The van der Waals surface area contributed by atoms with Crippen molar-refractivity contribution in [1.29, 1.82) is 0 Å². The van der Waals surface area contributed by atoms with Crippen LogP contribution in [0.5, 0.6) is 0 Å². The molecule has 0 aliphatic carbocycles. The number of hydrogen-bond acceptors (Lipinski definition) is 4. The van der Waals surface area contributed by atoms with Crippen LogP contribution in [0.3, 0.4) is 0 Å². The van der Waals surface area contributed by atoms with Crippen molar-refractivity contribution in [1.82, 2.24) is 0 Å². The monoisotopic (exact) mass is 239 g/mol. The molecule has 4 nitrogen and oxygen atoms in total. The Hall–Kier alpha value is -0.200. The number of hydrogen-bond donors (Lipinski definition) is 0. The van der Waals surface area contributed by atoms with Crippen LogP contribution in [0.2, 0.25) is 0 Å². The van der Waals surface area contributed by atoms with Crippen LogP contribution in [0.25, 0.3) is 0 Å². The van der Waals surface area contributed by atoms with Gasteiger partial charge in [0.15, 0.2) is 5.04 Å². The van der Waals surface area contributed by atoms with Crippen molar-refractivity contribution in [3.8, 4) is 0 Å². The predicted molar refractivity (Wildman–Crippen MR) is 45.2 cm³/mol. The van der Waals surface area contributed by atoms with E-state index in [1.54, 1.807) is 0 Å². The maximum atomic E-state index is 11.2. The molecule has 62 valence electrons. The van der Waals surface area contributed by atoms with E-state index < -0.39 is 9.84 Å². The minimum Gasteiger partial charge on any atom is -0.378 e. The average Bonchev–Trinajstić information content (AvgIpc) is 2.16. The lowest BCUT2D eigenvalue weighted by molar-refractivity contribution is 0.247. The second-order valence-corrected chi connectivity index (χ2v) is 5.19. The van der Waals surface area contributed by atoms with Gasteiger partial charge in [-0.05, 0) is 15.9 Å². The van der Waals surface area contributed by atoms with Crippen molar-refractivity contribution < 1.29 is 13.2 Å². The molecule has 0 bridgehead atoms. The maximum Gasteiger partial charge on any atom is 0.230 e. The molecular weight excluding hydrogens is 234 g/mol. The molecule has 1 rings (SSSR count). The number of aliphatic imine (C=N–C) groups is 1. The highest BCUT2D eigenvalue weighted by Crippen LogP contribution is 2.22. The first kappa shape index (κ1) is 8.89. The number of halogens is 1. The summed E-state index contributed by atoms with van der Waals surface area (Å²) >= 11 is 2.87. The molecule has 1 aliphatic rings. The molecule has 0 atom stereocenters. The van der Waals surface area contributed by atoms with E-state index >= 15 is 0 Å². The SMILES string of the molecule is COCC1=NC=C(Br)S1(=O)=O. The summed E-state index contributed by atoms with van der Waals surface area (Å²) in [4.78, 5) is 3.65. The van der Waals surface area contributed by atoms with Gasteiger partial charge in [-0.25, -0.2) is 13.4 Å². The second kappa shape index (κ2) is 3.04. The highest BCUT2D eigenvalue weighted by Gasteiger charge is 2.27. The number of rotatable bonds is 2. The zero-order valence-electron chi connectivity index (χ0n) is 5.74. The van der Waals surface area contributed by atoms with Gasteiger partial charge in [0.2, 0.25) is 9.84 Å². The van der Waals surface area contributed by atoms with E-state index in [4.69, 9.17) is 0 Å². The van der Waals surface area contributed by atoms with E-state index in [1.165, 1.54) is 13.3 Å². The van der Waals surface area contributed by atoms with Crippen LogP contribution < -0.4 is 0 Å². The molecule has 11 heavy (non-hydrogen) atoms. The Balaban J connectivity index is 2.93. The lowest BCUT2D eigenvalue weighted by Gasteiger charge is -1.97. The van der Waals surface area contributed by atoms with Crippen molar-refractivity contribution in [3.05, 3.63) is 10.0 Å². The van der Waals surface area contributed by atoms with E-state index in [-0.39, 0.29) is 15.5 Å². The summed E-state index contributed by atoms with van der Waals surface area (Å²) in [5, 5.41) is 0.0480. The summed E-state index contributed by atoms with van der Waals surface area (Å²) in [5.74, 6) is 0. The Morgan fingerprint density at radius 3 is 2.73 bits per heavy atom. The van der Waals surface area contributed by atoms with Crippen LogP contribution in [0, 0.1) is 0 Å². The molecule has 0 amide bonds. The summed E-state index contributed by atoms with van der Waals surface area (Å²) in [6.07, 6.45) is 1.25. The van der Waals surface area contributed by atoms with E-state index in [0.29, 0.717) is 0 Å². The Morgan fingerprint density at radius 1 is 1.73 bits per heavy atom. The van der Waals surface area contributed by atoms with Crippen LogP contribution in [0.4, 0.5) is 0 Å². The first-order chi connectivity index (χ1) is 5.09. The molecule has 0 aromatic rings. The Kier molecular flexibility index (Phi) is 2.46. The van der Waals surface area contributed by atoms with Crippen LogP contribution in [-0.4, -0.2) is 27.2 Å². The lowest BCUT2D eigenvalue weighted by atomic mass is 10.8. The largest absolute Gasteiger partial charge is 0.378 e. The molecule has 0 spiro atoms. The number of sulfone groups is 1. The van der Waals surface area contributed by atoms with Gasteiger partial charge in [-0.1, -0.05) is 0 Å². The van der Waals surface area contributed by atoms with Gasteiger partial charge in [-0.3, -0.25) is 0 Å². The Morgan fingerprint density at radius 2 is 2.36 bits per heavy atom. The van der Waals surface area contributed by atoms with Gasteiger partial charge in [0.1, 0.15) is 10.4 Å². The zero-order chi connectivity index (χ0) is 8.48. The summed E-state index contributed by atoms with van der Waals surface area (Å²) in [7, 11) is -1.90. The summed E-state index contributed by atoms with van der Waals surface area (Å²) in [5.41, 5.74) is 0. The molecule has 0 aromatic heterocycles. The van der Waals surface area contributed by atoms with E-state index in [0.717, 1.165) is 0 Å². The van der Waals surface area contributed by atoms with Crippen LogP contribution >= 0.6 is 15.9 Å². The van der Waals surface area contributed by atoms with E-state index in [1.807, 2.05) is 0 Å². The fourth-order valence-electron chi connectivity index (χ4n) is 0.612. The van der Waals surface area contributed by atoms with Crippen LogP contribution in [0.1, 0.15) is 0 Å². The molecule has 0 unspecified atom stereocenters. The fraction of sp³-hybridized carbons (Fsp3) is 0.400. The maximum absolute atomic E-state index is 11.2. The summed E-state index contributed by atoms with van der Waals surface area (Å²) in [6, 6.07) is 0. The first-order valence-corrected chi connectivity index (χ1v) is 5.03. The van der Waals surface area contributed by atoms with Crippen molar-refractivity contribution >= 4 is 30.8 Å². The van der Waals surface area contributed by atoms with Gasteiger partial charge in [0.05, 0.1) is 6.20 Å². The Bertz CT molecular complexity index is 317. The highest BCUT2D eigenvalue weighted by atomic mass is 79.9. The smallest absolute Gasteiger partial charge is 0.230 e. The zero-order valence-corrected chi connectivity index (χ0v) is 8.15. The molecule has 0 fully saturated rings. The van der Waals surface area contributed by atoms with Gasteiger partial charge in [-0.15, -0.1) is 0 Å². The molecule has 1 aliphatic heterocycles. The topological polar surface area (TPSA) is 55.7 Å². The fourth-order valence-corrected chi connectivity index (χ4v) is 2.16. The van der Waals surface area contributed by atoms with Crippen molar-refractivity contribution in [2.75, 3.05) is 13.7 Å². The third-order valence-electron chi connectivity index (χ3n) is 1.14. The normalized spacial score (nSPS) is 21.3. The summed E-state index contributed by atoms with van der Waals surface area (Å²) < 4.78 is 27.1. The van der Waals surface area contributed by atoms with Gasteiger partial charge >= 0.3 is 0 Å². The van der Waals surface area contributed by atoms with E-state index in [9.17, 15) is 8.42 Å². The third kappa shape index (κ3) is 1.52. The second-order valence-electron chi connectivity index (χ2n) is 1.89. The first-order valence-electron chi connectivity index (χ1n) is 2.75. The predicted octanol–water partition coefficient (Wildman–Crippen LogP) is 0.654. The number of nitrogens with zero attached hydrogens (tertiary/aromatic N) is 1. The van der Waals surface area contributed by atoms with Crippen LogP contribution in [-0.2, 0) is 14.6 Å². The van der Waals surface area contributed by atoms with Crippen molar-refractivity contribution in [2.45, 2.75) is 0 Å². The number of methoxy groups -OCH3 is 1. The molecule has 0 saturated carbocycles. The van der Waals surface area contributed by atoms with Gasteiger partial charge in [0.25, 0.3) is 0 Å². The van der Waals surface area contributed by atoms with Gasteiger partial charge < -0.3 is 4.74 Å². The number of ether oxygens (including phenoxy) is 1. The standard InChI is InChI=1S/C5H6BrNO3S/c1-10-3-5-7-2-4(6)11(5,8)9/h2H,3H2,1H3. The average molecular weight is 240 g/mol.